The molecule has 2 atom stereocenters. The molecule has 0 radical (unpaired) electrons. The molecule has 3 rings (SSSR count). The molecule has 1 saturated carbocycles. The maximum absolute atomic E-state index is 14.1. The van der Waals surface area contributed by atoms with Gasteiger partial charge in [-0.2, -0.15) is 8.78 Å². The summed E-state index contributed by atoms with van der Waals surface area (Å²) in [6, 6.07) is 0. The van der Waals surface area contributed by atoms with Crippen LogP contribution in [0, 0.1) is 17.8 Å². The first-order valence-electron chi connectivity index (χ1n) is 10.7. The van der Waals surface area contributed by atoms with E-state index in [9.17, 15) is 8.78 Å². The number of methoxy groups -OCH3 is 1. The van der Waals surface area contributed by atoms with Gasteiger partial charge in [0.15, 0.2) is 11.7 Å². The zero-order chi connectivity index (χ0) is 19.2. The van der Waals surface area contributed by atoms with E-state index < -0.39 is 11.7 Å². The predicted molar refractivity (Wildman–Crippen MR) is 101 cm³/mol. The largest absolute Gasteiger partial charge is 0.498 e. The molecule has 1 heterocycles. The molecule has 27 heavy (non-hydrogen) atoms. The van der Waals surface area contributed by atoms with Crippen molar-refractivity contribution in [3.63, 3.8) is 0 Å². The van der Waals surface area contributed by atoms with Gasteiger partial charge in [0, 0.05) is 12.8 Å². The van der Waals surface area contributed by atoms with Crippen LogP contribution in [0.2, 0.25) is 0 Å². The molecule has 3 nitrogen and oxygen atoms in total. The van der Waals surface area contributed by atoms with Gasteiger partial charge >= 0.3 is 0 Å². The van der Waals surface area contributed by atoms with E-state index >= 15 is 0 Å². The van der Waals surface area contributed by atoms with Gasteiger partial charge < -0.3 is 14.2 Å². The highest BCUT2D eigenvalue weighted by Gasteiger charge is 2.32. The van der Waals surface area contributed by atoms with Gasteiger partial charge in [0.2, 0.25) is 0 Å². The Morgan fingerprint density at radius 2 is 1.59 bits per heavy atom. The fourth-order valence-electron chi connectivity index (χ4n) is 4.81. The minimum absolute atomic E-state index is 0.0798. The average Bonchev–Trinajstić information content (AvgIpc) is 2.70. The second-order valence-corrected chi connectivity index (χ2v) is 8.35. The van der Waals surface area contributed by atoms with E-state index in [4.69, 9.17) is 14.2 Å². The second kappa shape index (κ2) is 9.90. The van der Waals surface area contributed by atoms with Gasteiger partial charge in [-0.1, -0.05) is 13.3 Å². The molecular formula is C22H34F2O3. The maximum atomic E-state index is 14.1. The standard InChI is InChI=1S/C22H34F2O3/c1-3-4-18-10-9-17(14-26-18)16-7-5-15(6-8-16)13-27-20-12-11-19(25-2)21(23)22(20)24/h15-18H,3-14H2,1-2H3. The van der Waals surface area contributed by atoms with Crippen molar-refractivity contribution in [3.8, 4) is 0 Å². The summed E-state index contributed by atoms with van der Waals surface area (Å²) in [5.74, 6) is 0.335. The van der Waals surface area contributed by atoms with Gasteiger partial charge in [0.1, 0.15) is 11.5 Å². The lowest BCUT2D eigenvalue weighted by molar-refractivity contribution is -0.0434. The lowest BCUT2D eigenvalue weighted by atomic mass is 9.74. The number of hydrogen-bond acceptors (Lipinski definition) is 3. The van der Waals surface area contributed by atoms with E-state index in [2.05, 4.69) is 6.92 Å². The van der Waals surface area contributed by atoms with Crippen LogP contribution in [0.4, 0.5) is 8.78 Å². The molecule has 2 fully saturated rings. The van der Waals surface area contributed by atoms with Crippen LogP contribution < -0.4 is 0 Å². The summed E-state index contributed by atoms with van der Waals surface area (Å²) in [5, 5.41) is 0. The second-order valence-electron chi connectivity index (χ2n) is 8.35. The smallest absolute Gasteiger partial charge is 0.199 e. The van der Waals surface area contributed by atoms with Crippen LogP contribution in [0.25, 0.3) is 0 Å². The Kier molecular flexibility index (Phi) is 7.57. The van der Waals surface area contributed by atoms with Crippen LogP contribution in [0.15, 0.2) is 23.2 Å². The molecule has 0 bridgehead atoms. The van der Waals surface area contributed by atoms with Crippen LogP contribution in [-0.2, 0) is 14.2 Å². The molecule has 0 spiro atoms. The van der Waals surface area contributed by atoms with Crippen LogP contribution in [0.1, 0.15) is 71.1 Å². The molecule has 2 unspecified atom stereocenters. The molecule has 0 amide bonds. The van der Waals surface area contributed by atoms with Crippen molar-refractivity contribution in [2.45, 2.75) is 77.2 Å². The lowest BCUT2D eigenvalue weighted by Crippen LogP contribution is -2.33. The van der Waals surface area contributed by atoms with Gasteiger partial charge in [-0.3, -0.25) is 0 Å². The molecule has 1 aliphatic heterocycles. The highest BCUT2D eigenvalue weighted by molar-refractivity contribution is 5.29. The topological polar surface area (TPSA) is 27.7 Å². The van der Waals surface area contributed by atoms with Gasteiger partial charge in [-0.25, -0.2) is 0 Å². The molecule has 3 aliphatic rings. The fourth-order valence-corrected chi connectivity index (χ4v) is 4.81. The molecule has 0 aromatic rings. The quantitative estimate of drug-likeness (QED) is 0.522. The monoisotopic (exact) mass is 384 g/mol. The molecule has 1 saturated heterocycles. The zero-order valence-corrected chi connectivity index (χ0v) is 16.8. The highest BCUT2D eigenvalue weighted by atomic mass is 19.2. The van der Waals surface area contributed by atoms with Crippen LogP contribution >= 0.6 is 0 Å². The Balaban J connectivity index is 1.40. The zero-order valence-electron chi connectivity index (χ0n) is 16.8. The molecule has 154 valence electrons. The minimum atomic E-state index is -0.902. The van der Waals surface area contributed by atoms with Gasteiger partial charge in [0.25, 0.3) is 0 Å². The first-order chi connectivity index (χ1) is 13.1. The molecule has 0 aromatic heterocycles. The Labute approximate surface area is 162 Å². The summed E-state index contributed by atoms with van der Waals surface area (Å²) in [4.78, 5) is 0. The van der Waals surface area contributed by atoms with E-state index in [-0.39, 0.29) is 11.5 Å². The summed E-state index contributed by atoms with van der Waals surface area (Å²) in [7, 11) is 1.37. The Bertz CT molecular complexity index is 542. The number of ether oxygens (including phenoxy) is 3. The van der Waals surface area contributed by atoms with Gasteiger partial charge in [0.05, 0.1) is 26.4 Å². The van der Waals surface area contributed by atoms with Crippen molar-refractivity contribution in [3.05, 3.63) is 23.2 Å². The fraction of sp³-hybridized carbons (Fsp3) is 0.818. The third-order valence-corrected chi connectivity index (χ3v) is 6.58. The van der Waals surface area contributed by atoms with Gasteiger partial charge in [-0.05, 0) is 62.7 Å². The van der Waals surface area contributed by atoms with E-state index in [0.717, 1.165) is 25.4 Å². The third kappa shape index (κ3) is 5.24. The Morgan fingerprint density at radius 3 is 2.22 bits per heavy atom. The highest BCUT2D eigenvalue weighted by Crippen LogP contribution is 2.39. The van der Waals surface area contributed by atoms with Crippen molar-refractivity contribution < 1.29 is 23.0 Å². The maximum Gasteiger partial charge on any atom is 0.199 e. The van der Waals surface area contributed by atoms with Crippen LogP contribution in [0.5, 0.6) is 0 Å². The normalized spacial score (nSPS) is 32.6. The SMILES string of the molecule is CCCC1CCC(C2CCC(COC3=C(F)C(F)=C(OC)CC3)CC2)CO1. The minimum Gasteiger partial charge on any atom is -0.498 e. The summed E-state index contributed by atoms with van der Waals surface area (Å²) in [6.45, 7) is 3.63. The number of halogens is 2. The lowest BCUT2D eigenvalue weighted by Gasteiger charge is -2.38. The summed E-state index contributed by atoms with van der Waals surface area (Å²) in [5.41, 5.74) is 0. The van der Waals surface area contributed by atoms with Crippen molar-refractivity contribution in [1.29, 1.82) is 0 Å². The summed E-state index contributed by atoms with van der Waals surface area (Å²) < 4.78 is 44.5. The van der Waals surface area contributed by atoms with Crippen LogP contribution in [0.3, 0.4) is 0 Å². The molecule has 5 heteroatoms. The van der Waals surface area contributed by atoms with Crippen molar-refractivity contribution in [2.75, 3.05) is 20.3 Å². The average molecular weight is 385 g/mol. The van der Waals surface area contributed by atoms with Crippen LogP contribution in [-0.4, -0.2) is 26.4 Å². The van der Waals surface area contributed by atoms with E-state index in [1.54, 1.807) is 0 Å². The first kappa shape index (κ1) is 20.6. The van der Waals surface area contributed by atoms with Crippen molar-refractivity contribution in [1.82, 2.24) is 0 Å². The third-order valence-electron chi connectivity index (χ3n) is 6.58. The predicted octanol–water partition coefficient (Wildman–Crippen LogP) is 6.21. The first-order valence-corrected chi connectivity index (χ1v) is 10.7. The molecule has 0 N–H and O–H groups in total. The number of hydrogen-bond donors (Lipinski definition) is 0. The van der Waals surface area contributed by atoms with E-state index in [1.807, 2.05) is 0 Å². The Morgan fingerprint density at radius 1 is 0.926 bits per heavy atom. The number of rotatable bonds is 7. The van der Waals surface area contributed by atoms with Crippen molar-refractivity contribution in [2.24, 2.45) is 17.8 Å². The Hall–Kier alpha value is -1.10. The van der Waals surface area contributed by atoms with Gasteiger partial charge in [-0.15, -0.1) is 0 Å². The van der Waals surface area contributed by atoms with E-state index in [0.29, 0.717) is 37.4 Å². The van der Waals surface area contributed by atoms with E-state index in [1.165, 1.54) is 45.6 Å². The molecule has 2 aliphatic carbocycles. The summed E-state index contributed by atoms with van der Waals surface area (Å²) >= 11 is 0. The van der Waals surface area contributed by atoms with Crippen molar-refractivity contribution >= 4 is 0 Å². The molecular weight excluding hydrogens is 350 g/mol. The molecule has 0 aromatic carbocycles. The number of allylic oxidation sites excluding steroid dienone is 4. The summed E-state index contributed by atoms with van der Waals surface area (Å²) in [6.07, 6.45) is 10.7.